The molecule has 1 N–H and O–H groups in total. The van der Waals surface area contributed by atoms with Gasteiger partial charge in [0.05, 0.1) is 20.6 Å². The Bertz CT molecular complexity index is 744. The van der Waals surface area contributed by atoms with Crippen molar-refractivity contribution in [1.29, 1.82) is 0 Å². The van der Waals surface area contributed by atoms with Crippen LogP contribution in [0.25, 0.3) is 0 Å². The number of carbonyl (C=O) groups excluding carboxylic acids is 2. The molecule has 0 aliphatic rings. The molecular formula is C20H23NO5. The molecule has 6 heteroatoms. The van der Waals surface area contributed by atoms with Crippen LogP contribution in [0, 0.1) is 0 Å². The number of carbonyl (C=O) groups is 2. The van der Waals surface area contributed by atoms with E-state index in [4.69, 9.17) is 14.2 Å². The second-order valence-corrected chi connectivity index (χ2v) is 5.56. The zero-order chi connectivity index (χ0) is 18.8. The van der Waals surface area contributed by atoms with E-state index in [2.05, 4.69) is 5.32 Å². The lowest BCUT2D eigenvalue weighted by molar-refractivity contribution is -0.147. The smallest absolute Gasteiger partial charge is 0.310 e. The highest BCUT2D eigenvalue weighted by Crippen LogP contribution is 2.18. The van der Waals surface area contributed by atoms with Gasteiger partial charge in [0.25, 0.3) is 5.91 Å². The number of ether oxygens (including phenoxy) is 3. The quantitative estimate of drug-likeness (QED) is 0.696. The molecule has 0 atom stereocenters. The minimum Gasteiger partial charge on any atom is -0.496 e. The van der Waals surface area contributed by atoms with Crippen molar-refractivity contribution in [1.82, 2.24) is 5.32 Å². The van der Waals surface area contributed by atoms with Gasteiger partial charge < -0.3 is 19.5 Å². The predicted octanol–water partition coefficient (Wildman–Crippen LogP) is 2.15. The second-order valence-electron chi connectivity index (χ2n) is 5.56. The van der Waals surface area contributed by atoms with E-state index in [0.717, 1.165) is 16.9 Å². The molecule has 0 saturated heterocycles. The number of rotatable bonds is 9. The summed E-state index contributed by atoms with van der Waals surface area (Å²) in [4.78, 5) is 23.7. The number of methoxy groups -OCH3 is 2. The van der Waals surface area contributed by atoms with Gasteiger partial charge in [-0.2, -0.15) is 0 Å². The fourth-order valence-electron chi connectivity index (χ4n) is 2.50. The average Bonchev–Trinajstić information content (AvgIpc) is 2.67. The van der Waals surface area contributed by atoms with Crippen LogP contribution in [-0.2, 0) is 27.2 Å². The van der Waals surface area contributed by atoms with E-state index in [-0.39, 0.29) is 18.9 Å². The molecule has 0 unspecified atom stereocenters. The van der Waals surface area contributed by atoms with Crippen molar-refractivity contribution < 1.29 is 23.8 Å². The summed E-state index contributed by atoms with van der Waals surface area (Å²) in [5.74, 6) is 0.582. The number of amides is 1. The van der Waals surface area contributed by atoms with Crippen molar-refractivity contribution in [3.05, 3.63) is 59.7 Å². The van der Waals surface area contributed by atoms with Crippen LogP contribution in [0.15, 0.2) is 48.5 Å². The first-order valence-corrected chi connectivity index (χ1v) is 8.30. The van der Waals surface area contributed by atoms with E-state index < -0.39 is 5.97 Å². The molecule has 0 fully saturated rings. The third kappa shape index (κ3) is 5.81. The molecule has 138 valence electrons. The van der Waals surface area contributed by atoms with Crippen molar-refractivity contribution in [3.63, 3.8) is 0 Å². The Balaban J connectivity index is 1.72. The lowest BCUT2D eigenvalue weighted by Gasteiger charge is -2.10. The highest BCUT2D eigenvalue weighted by Gasteiger charge is 2.11. The van der Waals surface area contributed by atoms with Gasteiger partial charge in [0, 0.05) is 12.1 Å². The van der Waals surface area contributed by atoms with Gasteiger partial charge in [-0.25, -0.2) is 0 Å². The molecule has 2 aromatic carbocycles. The van der Waals surface area contributed by atoms with Crippen LogP contribution in [0.4, 0.5) is 0 Å². The Hall–Kier alpha value is -3.02. The van der Waals surface area contributed by atoms with Gasteiger partial charge in [-0.3, -0.25) is 9.59 Å². The van der Waals surface area contributed by atoms with Crippen LogP contribution in [0.5, 0.6) is 11.5 Å². The fraction of sp³-hybridized carbons (Fsp3) is 0.300. The Kier molecular flexibility index (Phi) is 7.49. The molecule has 26 heavy (non-hydrogen) atoms. The minimum absolute atomic E-state index is 0.0541. The average molecular weight is 357 g/mol. The number of esters is 1. The summed E-state index contributed by atoms with van der Waals surface area (Å²) in [5, 5.41) is 2.73. The van der Waals surface area contributed by atoms with E-state index in [9.17, 15) is 9.59 Å². The molecule has 2 rings (SSSR count). The van der Waals surface area contributed by atoms with Gasteiger partial charge in [-0.1, -0.05) is 36.4 Å². The highest BCUT2D eigenvalue weighted by molar-refractivity contribution is 5.81. The van der Waals surface area contributed by atoms with Gasteiger partial charge in [0.2, 0.25) is 0 Å². The largest absolute Gasteiger partial charge is 0.496 e. The molecule has 0 heterocycles. The molecule has 0 bridgehead atoms. The summed E-state index contributed by atoms with van der Waals surface area (Å²) in [6, 6.07) is 14.8. The first-order valence-electron chi connectivity index (χ1n) is 8.30. The monoisotopic (exact) mass is 357 g/mol. The summed E-state index contributed by atoms with van der Waals surface area (Å²) >= 11 is 0. The Labute approximate surface area is 153 Å². The Morgan fingerprint density at radius 2 is 1.46 bits per heavy atom. The first-order chi connectivity index (χ1) is 12.6. The number of hydrogen-bond acceptors (Lipinski definition) is 5. The molecular weight excluding hydrogens is 334 g/mol. The topological polar surface area (TPSA) is 73.9 Å². The summed E-state index contributed by atoms with van der Waals surface area (Å²) < 4.78 is 15.5. The van der Waals surface area contributed by atoms with Gasteiger partial charge >= 0.3 is 5.97 Å². The molecule has 0 aromatic heterocycles. The van der Waals surface area contributed by atoms with Gasteiger partial charge in [-0.05, 0) is 24.1 Å². The normalized spacial score (nSPS) is 10.1. The zero-order valence-corrected chi connectivity index (χ0v) is 15.0. The maximum Gasteiger partial charge on any atom is 0.310 e. The Morgan fingerprint density at radius 1 is 0.885 bits per heavy atom. The third-order valence-electron chi connectivity index (χ3n) is 3.80. The molecule has 6 nitrogen and oxygen atoms in total. The molecule has 0 radical (unpaired) electrons. The highest BCUT2D eigenvalue weighted by atomic mass is 16.5. The van der Waals surface area contributed by atoms with E-state index in [1.807, 2.05) is 36.4 Å². The minimum atomic E-state index is -0.477. The molecule has 1 amide bonds. The van der Waals surface area contributed by atoms with E-state index >= 15 is 0 Å². The standard InChI is InChI=1S/C20H23NO5/c1-24-17-9-5-3-7-15(17)11-12-21-19(22)14-26-20(23)13-16-8-4-6-10-18(16)25-2/h3-10H,11-14H2,1-2H3,(H,21,22). The summed E-state index contributed by atoms with van der Waals surface area (Å²) in [6.45, 7) is 0.128. The van der Waals surface area contributed by atoms with E-state index in [1.54, 1.807) is 26.4 Å². The Morgan fingerprint density at radius 3 is 2.12 bits per heavy atom. The van der Waals surface area contributed by atoms with Crippen molar-refractivity contribution in [2.24, 2.45) is 0 Å². The van der Waals surface area contributed by atoms with Crippen LogP contribution in [0.1, 0.15) is 11.1 Å². The number of nitrogens with one attached hydrogen (secondary N) is 1. The molecule has 0 aliphatic heterocycles. The zero-order valence-electron chi connectivity index (χ0n) is 15.0. The van der Waals surface area contributed by atoms with Gasteiger partial charge in [0.1, 0.15) is 11.5 Å². The van der Waals surface area contributed by atoms with Crippen molar-refractivity contribution in [2.75, 3.05) is 27.4 Å². The van der Waals surface area contributed by atoms with E-state index in [1.165, 1.54) is 0 Å². The molecule has 2 aromatic rings. The third-order valence-corrected chi connectivity index (χ3v) is 3.80. The molecule has 0 saturated carbocycles. The first kappa shape index (κ1) is 19.3. The van der Waals surface area contributed by atoms with Gasteiger partial charge in [0.15, 0.2) is 6.61 Å². The lowest BCUT2D eigenvalue weighted by atomic mass is 10.1. The molecule has 0 spiro atoms. The maximum atomic E-state index is 11.9. The fourth-order valence-corrected chi connectivity index (χ4v) is 2.50. The van der Waals surface area contributed by atoms with Crippen LogP contribution in [0.2, 0.25) is 0 Å². The number of hydrogen-bond donors (Lipinski definition) is 1. The summed E-state index contributed by atoms with van der Waals surface area (Å²) in [5.41, 5.74) is 1.72. The van der Waals surface area contributed by atoms with Crippen molar-refractivity contribution in [2.45, 2.75) is 12.8 Å². The number of para-hydroxylation sites is 2. The molecule has 0 aliphatic carbocycles. The number of benzene rings is 2. The lowest BCUT2D eigenvalue weighted by Crippen LogP contribution is -2.30. The van der Waals surface area contributed by atoms with Crippen LogP contribution >= 0.6 is 0 Å². The van der Waals surface area contributed by atoms with E-state index in [0.29, 0.717) is 18.7 Å². The van der Waals surface area contributed by atoms with Crippen molar-refractivity contribution in [3.8, 4) is 11.5 Å². The summed E-state index contributed by atoms with van der Waals surface area (Å²) in [6.07, 6.45) is 0.684. The van der Waals surface area contributed by atoms with Crippen LogP contribution < -0.4 is 14.8 Å². The SMILES string of the molecule is COc1ccccc1CCNC(=O)COC(=O)Cc1ccccc1OC. The van der Waals surface area contributed by atoms with Crippen molar-refractivity contribution >= 4 is 11.9 Å². The van der Waals surface area contributed by atoms with Gasteiger partial charge in [-0.15, -0.1) is 0 Å². The summed E-state index contributed by atoms with van der Waals surface area (Å²) in [7, 11) is 3.15. The maximum absolute atomic E-state index is 11.9. The second kappa shape index (κ2) is 10.1. The predicted molar refractivity (Wildman–Crippen MR) is 97.4 cm³/mol. The van der Waals surface area contributed by atoms with Crippen LogP contribution in [-0.4, -0.2) is 39.2 Å². The van der Waals surface area contributed by atoms with Crippen LogP contribution in [0.3, 0.4) is 0 Å².